The Bertz CT molecular complexity index is 5820. The molecule has 5 aliphatic heterocycles. The fraction of sp³-hybridized carbons (Fsp3) is 0.659. The zero-order valence-electron chi connectivity index (χ0n) is 84.9. The van der Waals surface area contributed by atoms with Crippen LogP contribution >= 0.6 is 46.6 Å². The Kier molecular flexibility index (Phi) is 46.7. The Morgan fingerprint density at radius 1 is 0.378 bits per heavy atom. The summed E-state index contributed by atoms with van der Waals surface area (Å²) in [6, 6.07) is 0. The predicted octanol–water partition coefficient (Wildman–Crippen LogP) is -2.30. The van der Waals surface area contributed by atoms with Crippen molar-refractivity contribution in [3.8, 4) is 0 Å². The van der Waals surface area contributed by atoms with Crippen LogP contribution in [0.15, 0.2) is 74.1 Å². The zero-order valence-corrected chi connectivity index (χ0v) is 90.2. The number of aromatic amines is 5. The molecule has 46 nitrogen and oxygen atoms in total. The van der Waals surface area contributed by atoms with E-state index in [2.05, 4.69) is 131 Å². The first kappa shape index (κ1) is 124. The topological polar surface area (TPSA) is 658 Å². The lowest BCUT2D eigenvalue weighted by Gasteiger charge is -2.24. The minimum atomic E-state index is -1.40. The standard InChI is InChI=1S/C22H36N3O8P.C18H30N3O6P.2C17H28N3O6P.C17H28N3O5PS/c1-13(26)24(12-16(27)33-22(2,3)4)10-14-11-25(21(31)23-19(14)30)20-18(29)17(28)15(32-20)8-9-34(5,6)7;1-11(22)8-19-9-12-10-21(18(25)20-16(12)24)17-15(26-2)14(23)13(27-17)6-7-28(3,4)5;2*1-10(21)7-18-8-11-9-20(17(25)19-15(11)24)16-14(23)13(22)12(26-16)5-6-27(2,3)4;1-10(21)7-18-8-11-9-20(17(27)19-15(11)24)16-14(23)13(22)12(25-16)5-6-26(2,3)4/h11,15,17-18,20,28-29H,5,8-10,12H2,1-4,6-7H3,(H,23,30,31);10,13-15,17,19,23H,3,6-9H2,1-2,4-5H3,(H,20,24,25);2*9,12-14,16,18,22-23H,2,5-8H2,1,3-4H3,(H,19,24,25);9,12-14,16,18,22-23H,2,5-8H2,1,3-4H3,(H,19,24,27)/t15-,17-,18-,20-;13-,14-,15-,17-;3*12-,13-,14-,16-/m11111/s1. The molecule has 5 aromatic rings. The number of carbonyl (C=O) groups is 6. The molecule has 18 N–H and O–H groups in total. The summed E-state index contributed by atoms with van der Waals surface area (Å²) < 4.78 is 45.6. The van der Waals surface area contributed by atoms with E-state index in [1.165, 1.54) is 81.8 Å². The minimum Gasteiger partial charge on any atom is -0.459 e. The predicted molar refractivity (Wildman–Crippen MR) is 559 cm³/mol. The third-order valence-electron chi connectivity index (χ3n) is 22.9. The number of Topliss-reactive ketones (excluding diaryl/α,β-unsaturated/α-hetero) is 4. The largest absolute Gasteiger partial charge is 0.459 e. The highest BCUT2D eigenvalue weighted by Gasteiger charge is 2.50. The zero-order chi connectivity index (χ0) is 108. The summed E-state index contributed by atoms with van der Waals surface area (Å²) in [5, 5.41) is 105. The van der Waals surface area contributed by atoms with Gasteiger partial charge in [0.05, 0.1) is 68.8 Å². The van der Waals surface area contributed by atoms with Crippen LogP contribution in [0.3, 0.4) is 0 Å². The molecular weight excluding hydrogens is 1990 g/mol. The van der Waals surface area contributed by atoms with Gasteiger partial charge in [0.25, 0.3) is 27.8 Å². The molecule has 5 fully saturated rings. The van der Waals surface area contributed by atoms with E-state index < -0.39 is 226 Å². The number of aliphatic hydroxyl groups is 9. The van der Waals surface area contributed by atoms with Crippen LogP contribution in [0, 0.1) is 4.77 Å². The van der Waals surface area contributed by atoms with Gasteiger partial charge in [0.1, 0.15) is 96.3 Å². The number of hydrogen-bond donors (Lipinski definition) is 18. The maximum atomic E-state index is 12.5. The molecule has 5 aromatic heterocycles. The molecule has 52 heteroatoms. The summed E-state index contributed by atoms with van der Waals surface area (Å²) in [5.74, 6) is -1.41. The Balaban J connectivity index is 0.000000274. The fourth-order valence-electron chi connectivity index (χ4n) is 15.3. The molecule has 143 heavy (non-hydrogen) atoms. The van der Waals surface area contributed by atoms with Crippen LogP contribution in [0.25, 0.3) is 0 Å². The van der Waals surface area contributed by atoms with E-state index in [4.69, 9.17) is 45.4 Å². The van der Waals surface area contributed by atoms with Crippen LogP contribution < -0.4 is 71.8 Å². The molecule has 10 heterocycles. The number of rotatable bonds is 41. The van der Waals surface area contributed by atoms with E-state index >= 15 is 0 Å². The van der Waals surface area contributed by atoms with Crippen LogP contribution in [-0.2, 0) is 94.6 Å². The van der Waals surface area contributed by atoms with E-state index in [1.807, 2.05) is 13.3 Å². The van der Waals surface area contributed by atoms with Crippen molar-refractivity contribution in [1.29, 1.82) is 0 Å². The molecule has 0 radical (unpaired) electrons. The molecule has 0 saturated carbocycles. The monoisotopic (exact) mass is 2140 g/mol. The molecule has 10 rings (SSSR count). The van der Waals surface area contributed by atoms with Crippen molar-refractivity contribution in [1.82, 2.24) is 73.9 Å². The van der Waals surface area contributed by atoms with E-state index in [1.54, 1.807) is 20.8 Å². The summed E-state index contributed by atoms with van der Waals surface area (Å²) in [7, 11) is 1.44. The molecule has 0 unspecified atom stereocenters. The van der Waals surface area contributed by atoms with Gasteiger partial charge in [-0.2, -0.15) is 0 Å². The Morgan fingerprint density at radius 3 is 0.860 bits per heavy atom. The second-order valence-electron chi connectivity index (χ2n) is 41.0. The summed E-state index contributed by atoms with van der Waals surface area (Å²) in [6.45, 7) is 26.3. The highest BCUT2D eigenvalue weighted by molar-refractivity contribution is 7.73. The number of H-pyrrole nitrogens is 5. The molecule has 0 spiro atoms. The van der Waals surface area contributed by atoms with Crippen molar-refractivity contribution < 1.29 is 108 Å². The first-order chi connectivity index (χ1) is 66.0. The SMILES string of the molecule is C=P(C)(C)CC[C@H]1O[C@@H](n2cc(CN(CC(=O)OC(C)(C)C)C(C)=O)c(=O)[nH]c2=O)[C@H](O)[C@@H]1O.C=P(C)(C)CC[C@H]1O[C@@H](n2cc(CNCC(C)=O)c(=O)[nH]c2=O)[C@H](O)[C@@H]1O.C=P(C)(C)CC[C@H]1O[C@@H](n2cc(CNCC(C)=O)c(=O)[nH]c2=O)[C@H](O)[C@@H]1O.C=P(C)(C)CC[C@H]1O[C@@H](n2cc(CNCC(C)=O)c(=O)[nH]c2=O)[C@H](OC)[C@@H]1O.C=P(C)(C)CC[C@H]1O[C@@H](n2cc(CNCC(C)=O)c(=O)[nH]c2=S)[C@H](O)[C@@H]1O. The average Bonchev–Trinajstić information content (AvgIpc) is 1.61. The highest BCUT2D eigenvalue weighted by Crippen LogP contribution is 2.45. The number of aromatic nitrogens is 10. The molecule has 20 atom stereocenters. The number of nitrogens with one attached hydrogen (secondary N) is 9. The maximum Gasteiger partial charge on any atom is 0.330 e. The van der Waals surface area contributed by atoms with Gasteiger partial charge in [-0.15, -0.1) is 65.9 Å². The van der Waals surface area contributed by atoms with E-state index in [0.717, 1.165) is 49.4 Å². The molecule has 5 saturated heterocycles. The van der Waals surface area contributed by atoms with Crippen LogP contribution in [0.2, 0.25) is 0 Å². The lowest BCUT2D eigenvalue weighted by atomic mass is 10.1. The van der Waals surface area contributed by atoms with Gasteiger partial charge in [-0.3, -0.25) is 100 Å². The van der Waals surface area contributed by atoms with Gasteiger partial charge in [-0.05, 0) is 190 Å². The molecule has 0 aromatic carbocycles. The minimum absolute atomic E-state index is 0.00286. The molecule has 1 amide bonds. The Hall–Kier alpha value is -7.82. The molecule has 806 valence electrons. The number of ether oxygens (including phenoxy) is 7. The molecular formula is C91H150N15O31P5S. The molecule has 0 bridgehead atoms. The number of methoxy groups -OCH3 is 1. The third kappa shape index (κ3) is 39.0. The van der Waals surface area contributed by atoms with Crippen LogP contribution in [0.4, 0.5) is 0 Å². The van der Waals surface area contributed by atoms with Crippen molar-refractivity contribution in [2.24, 2.45) is 0 Å². The smallest absolute Gasteiger partial charge is 0.330 e. The van der Waals surface area contributed by atoms with Gasteiger partial charge in [-0.25, -0.2) is 19.2 Å². The number of carbonyl (C=O) groups excluding carboxylic acids is 6. The van der Waals surface area contributed by atoms with Crippen molar-refractivity contribution >= 4 is 113 Å². The van der Waals surface area contributed by atoms with Crippen molar-refractivity contribution in [3.63, 3.8) is 0 Å². The van der Waals surface area contributed by atoms with Gasteiger partial charge in [0, 0.05) is 93.5 Å². The van der Waals surface area contributed by atoms with Crippen LogP contribution in [-0.4, -0.2) is 400 Å². The summed E-state index contributed by atoms with van der Waals surface area (Å²) in [6.07, 6.45) is 14.3. The number of amides is 1. The molecule has 5 aliphatic rings. The first-order valence-corrected chi connectivity index (χ1v) is 62.0. The van der Waals surface area contributed by atoms with Gasteiger partial charge in [0.2, 0.25) is 5.91 Å². The fourth-order valence-corrected chi connectivity index (χ4v) is 20.3. The number of esters is 1. The lowest BCUT2D eigenvalue weighted by molar-refractivity contribution is -0.158. The van der Waals surface area contributed by atoms with Crippen molar-refractivity contribution in [2.75, 3.05) is 137 Å². The Labute approximate surface area is 833 Å². The quantitative estimate of drug-likeness (QED) is 0.0111. The van der Waals surface area contributed by atoms with E-state index in [9.17, 15) is 118 Å². The Morgan fingerprint density at radius 2 is 0.608 bits per heavy atom. The normalized spacial score (nSPS) is 25.0. The van der Waals surface area contributed by atoms with Crippen molar-refractivity contribution in [3.05, 3.63) is 157 Å². The first-order valence-electron chi connectivity index (χ1n) is 46.3. The van der Waals surface area contributed by atoms with E-state index in [0.29, 0.717) is 37.7 Å². The van der Waals surface area contributed by atoms with Gasteiger partial charge in [-0.1, -0.05) is 0 Å². The number of ketones is 4. The second-order valence-corrected chi connectivity index (χ2v) is 62.9. The number of aliphatic hydroxyl groups excluding tert-OH is 9. The lowest BCUT2D eigenvalue weighted by Crippen LogP contribution is -2.41. The van der Waals surface area contributed by atoms with Gasteiger partial charge < -0.3 is 105 Å². The van der Waals surface area contributed by atoms with Crippen LogP contribution in [0.1, 0.15) is 146 Å². The third-order valence-corrected chi connectivity index (χ3v) is 30.6. The van der Waals surface area contributed by atoms with Gasteiger partial charge in [0.15, 0.2) is 35.9 Å². The average molecular weight is 2140 g/mol. The van der Waals surface area contributed by atoms with Crippen LogP contribution in [0.5, 0.6) is 0 Å². The summed E-state index contributed by atoms with van der Waals surface area (Å²) in [4.78, 5) is 191. The van der Waals surface area contributed by atoms with Crippen molar-refractivity contribution in [2.45, 2.75) is 249 Å². The maximum absolute atomic E-state index is 12.5. The van der Waals surface area contributed by atoms with Gasteiger partial charge >= 0.3 is 28.7 Å². The summed E-state index contributed by atoms with van der Waals surface area (Å²) >= 11 is 5.20. The summed E-state index contributed by atoms with van der Waals surface area (Å²) in [5.41, 5.74) is -5.47. The van der Waals surface area contributed by atoms with E-state index in [-0.39, 0.29) is 115 Å². The number of nitrogens with zero attached hydrogens (tertiary/aromatic N) is 6. The highest BCUT2D eigenvalue weighted by atomic mass is 32.1. The molecule has 0 aliphatic carbocycles. The second kappa shape index (κ2) is 53.9. The number of hydrogen-bond acceptors (Lipinski definition) is 36.